The van der Waals surface area contributed by atoms with Crippen molar-refractivity contribution in [3.8, 4) is 0 Å². The van der Waals surface area contributed by atoms with Crippen LogP contribution in [-0.2, 0) is 19.2 Å². The average molecular weight is 261 g/mol. The Bertz CT molecular complexity index is 387. The normalized spacial score (nSPS) is 20.4. The molecule has 1 aliphatic rings. The van der Waals surface area contributed by atoms with Gasteiger partial charge in [0.2, 0.25) is 5.54 Å². The van der Waals surface area contributed by atoms with Crippen LogP contribution in [0.5, 0.6) is 0 Å². The molecule has 0 bridgehead atoms. The van der Waals surface area contributed by atoms with Gasteiger partial charge in [-0.3, -0.25) is 14.5 Å². The Hall–Kier alpha value is -2.16. The summed E-state index contributed by atoms with van der Waals surface area (Å²) in [7, 11) is 0. The van der Waals surface area contributed by atoms with E-state index < -0.39 is 54.8 Å². The van der Waals surface area contributed by atoms with E-state index in [2.05, 4.69) is 0 Å². The second kappa shape index (κ2) is 4.61. The van der Waals surface area contributed by atoms with Gasteiger partial charge in [-0.1, -0.05) is 0 Å². The Morgan fingerprint density at radius 1 is 0.944 bits per heavy atom. The number of hydrogen-bond donors (Lipinski definition) is 4. The van der Waals surface area contributed by atoms with Gasteiger partial charge < -0.3 is 20.4 Å². The highest BCUT2D eigenvalue weighted by Crippen LogP contribution is 2.37. The summed E-state index contributed by atoms with van der Waals surface area (Å²) in [4.78, 5) is 43.8. The maximum absolute atomic E-state index is 10.9. The number of carboxylic acid groups (broad SMARTS) is 4. The number of aliphatic carboxylic acids is 4. The molecule has 100 valence electrons. The van der Waals surface area contributed by atoms with Crippen molar-refractivity contribution in [1.82, 2.24) is 4.90 Å². The van der Waals surface area contributed by atoms with Crippen molar-refractivity contribution in [2.24, 2.45) is 0 Å². The molecule has 1 aliphatic heterocycles. The van der Waals surface area contributed by atoms with Gasteiger partial charge in [-0.2, -0.15) is 0 Å². The molecule has 9 nitrogen and oxygen atoms in total. The van der Waals surface area contributed by atoms with Crippen LogP contribution < -0.4 is 0 Å². The summed E-state index contributed by atoms with van der Waals surface area (Å²) in [5, 5.41) is 34.9. The zero-order valence-electron chi connectivity index (χ0n) is 9.07. The SMILES string of the molecule is O=C(O)CC(CC(=O)O)N1CC1(C(=O)O)C(=O)O. The lowest BCUT2D eigenvalue weighted by atomic mass is 10.1. The number of carboxylic acids is 4. The van der Waals surface area contributed by atoms with Gasteiger partial charge in [0.15, 0.2) is 0 Å². The fraction of sp³-hybridized carbons (Fsp3) is 0.556. The molecule has 1 fully saturated rings. The number of carbonyl (C=O) groups is 4. The molecule has 0 amide bonds. The van der Waals surface area contributed by atoms with Gasteiger partial charge in [-0.05, 0) is 0 Å². The second-order valence-corrected chi connectivity index (χ2v) is 3.95. The monoisotopic (exact) mass is 261 g/mol. The molecule has 18 heavy (non-hydrogen) atoms. The van der Waals surface area contributed by atoms with Gasteiger partial charge in [-0.15, -0.1) is 0 Å². The van der Waals surface area contributed by atoms with E-state index in [0.717, 1.165) is 4.90 Å². The van der Waals surface area contributed by atoms with Gasteiger partial charge in [0.05, 0.1) is 12.8 Å². The van der Waals surface area contributed by atoms with Crippen LogP contribution in [0.15, 0.2) is 0 Å². The van der Waals surface area contributed by atoms with Crippen molar-refractivity contribution in [1.29, 1.82) is 0 Å². The summed E-state index contributed by atoms with van der Waals surface area (Å²) < 4.78 is 0. The zero-order valence-corrected chi connectivity index (χ0v) is 9.07. The molecule has 4 N–H and O–H groups in total. The van der Waals surface area contributed by atoms with E-state index in [1.54, 1.807) is 0 Å². The molecule has 1 atom stereocenters. The lowest BCUT2D eigenvalue weighted by molar-refractivity contribution is -0.156. The maximum atomic E-state index is 10.9. The van der Waals surface area contributed by atoms with Gasteiger partial charge in [0.1, 0.15) is 0 Å². The lowest BCUT2D eigenvalue weighted by Gasteiger charge is -2.17. The molecule has 1 heterocycles. The van der Waals surface area contributed by atoms with Gasteiger partial charge >= 0.3 is 23.9 Å². The average Bonchev–Trinajstić information content (AvgIpc) is 2.90. The molecule has 1 rings (SSSR count). The van der Waals surface area contributed by atoms with E-state index in [-0.39, 0.29) is 0 Å². The van der Waals surface area contributed by atoms with Crippen molar-refractivity contribution in [2.45, 2.75) is 24.4 Å². The smallest absolute Gasteiger partial charge is 0.337 e. The van der Waals surface area contributed by atoms with Crippen LogP contribution in [0.1, 0.15) is 12.8 Å². The number of hydrogen-bond acceptors (Lipinski definition) is 5. The van der Waals surface area contributed by atoms with Crippen molar-refractivity contribution in [3.63, 3.8) is 0 Å². The molecule has 1 unspecified atom stereocenters. The summed E-state index contributed by atoms with van der Waals surface area (Å²) in [6, 6.07) is -1.16. The Kier molecular flexibility index (Phi) is 3.56. The quantitative estimate of drug-likeness (QED) is 0.317. The van der Waals surface area contributed by atoms with Crippen LogP contribution in [-0.4, -0.2) is 67.3 Å². The Labute approximate surface area is 100 Å². The van der Waals surface area contributed by atoms with Gasteiger partial charge in [0, 0.05) is 12.6 Å². The van der Waals surface area contributed by atoms with Crippen molar-refractivity contribution >= 4 is 23.9 Å². The molecule has 9 heteroatoms. The largest absolute Gasteiger partial charge is 0.481 e. The van der Waals surface area contributed by atoms with E-state index in [0.29, 0.717) is 0 Å². The topological polar surface area (TPSA) is 152 Å². The molecule has 0 saturated carbocycles. The van der Waals surface area contributed by atoms with E-state index >= 15 is 0 Å². The van der Waals surface area contributed by atoms with Crippen molar-refractivity contribution in [3.05, 3.63) is 0 Å². The zero-order chi connectivity index (χ0) is 14.1. The first-order valence-electron chi connectivity index (χ1n) is 4.89. The second-order valence-electron chi connectivity index (χ2n) is 3.95. The molecule has 0 aromatic carbocycles. The molecule has 0 radical (unpaired) electrons. The van der Waals surface area contributed by atoms with E-state index in [1.807, 2.05) is 0 Å². The van der Waals surface area contributed by atoms with E-state index in [1.165, 1.54) is 0 Å². The molecular formula is C9H11NO8. The maximum Gasteiger partial charge on any atom is 0.337 e. The fourth-order valence-corrected chi connectivity index (χ4v) is 1.82. The van der Waals surface area contributed by atoms with Crippen LogP contribution >= 0.6 is 0 Å². The van der Waals surface area contributed by atoms with Crippen LogP contribution in [0.25, 0.3) is 0 Å². The number of nitrogens with zero attached hydrogens (tertiary/aromatic N) is 1. The summed E-state index contributed by atoms with van der Waals surface area (Å²) in [5.41, 5.74) is -2.20. The third-order valence-corrected chi connectivity index (χ3v) is 2.75. The summed E-state index contributed by atoms with van der Waals surface area (Å²) in [5.74, 6) is -5.90. The minimum Gasteiger partial charge on any atom is -0.481 e. The van der Waals surface area contributed by atoms with Crippen LogP contribution in [0.3, 0.4) is 0 Å². The third kappa shape index (κ3) is 2.40. The molecular weight excluding hydrogens is 250 g/mol. The minimum atomic E-state index is -2.20. The third-order valence-electron chi connectivity index (χ3n) is 2.75. The lowest BCUT2D eigenvalue weighted by Crippen LogP contribution is -2.42. The van der Waals surface area contributed by atoms with E-state index in [4.69, 9.17) is 20.4 Å². The highest BCUT2D eigenvalue weighted by Gasteiger charge is 2.67. The Morgan fingerprint density at radius 2 is 1.33 bits per heavy atom. The highest BCUT2D eigenvalue weighted by atomic mass is 16.4. The first-order chi connectivity index (χ1) is 8.21. The van der Waals surface area contributed by atoms with Gasteiger partial charge in [0.25, 0.3) is 0 Å². The molecule has 0 aromatic heterocycles. The summed E-state index contributed by atoms with van der Waals surface area (Å²) in [6.45, 7) is -0.400. The molecule has 1 saturated heterocycles. The van der Waals surface area contributed by atoms with Crippen LogP contribution in [0.2, 0.25) is 0 Å². The standard InChI is InChI=1S/C9H11NO8/c11-5(12)1-4(2-6(13)14)10-3-9(10,7(15)16)8(17)18/h4H,1-3H2,(H,11,12)(H,13,14)(H,15,16)(H,17,18). The first kappa shape index (κ1) is 13.9. The molecule has 0 spiro atoms. The highest BCUT2D eigenvalue weighted by molar-refractivity contribution is 6.07. The first-order valence-corrected chi connectivity index (χ1v) is 4.89. The predicted octanol–water partition coefficient (Wildman–Crippen LogP) is -1.47. The summed E-state index contributed by atoms with van der Waals surface area (Å²) >= 11 is 0. The number of rotatable bonds is 7. The van der Waals surface area contributed by atoms with Crippen LogP contribution in [0, 0.1) is 0 Å². The van der Waals surface area contributed by atoms with Crippen molar-refractivity contribution < 1.29 is 39.6 Å². The predicted molar refractivity (Wildman–Crippen MR) is 53.0 cm³/mol. The Morgan fingerprint density at radius 3 is 1.56 bits per heavy atom. The van der Waals surface area contributed by atoms with E-state index in [9.17, 15) is 19.2 Å². The van der Waals surface area contributed by atoms with Gasteiger partial charge in [-0.25, -0.2) is 9.59 Å². The molecule has 0 aromatic rings. The molecule has 0 aliphatic carbocycles. The van der Waals surface area contributed by atoms with Crippen LogP contribution in [0.4, 0.5) is 0 Å². The minimum absolute atomic E-state index is 0.400. The summed E-state index contributed by atoms with van der Waals surface area (Å²) in [6.07, 6.45) is -1.26. The fourth-order valence-electron chi connectivity index (χ4n) is 1.82. The Balaban J connectivity index is 2.89. The van der Waals surface area contributed by atoms with Crippen molar-refractivity contribution in [2.75, 3.05) is 6.54 Å².